The summed E-state index contributed by atoms with van der Waals surface area (Å²) < 4.78 is 13.6. The number of hydrogen-bond donors (Lipinski definition) is 1. The van der Waals surface area contributed by atoms with Gasteiger partial charge in [-0.05, 0) is 37.6 Å². The van der Waals surface area contributed by atoms with E-state index in [0.29, 0.717) is 5.69 Å². The number of aromatic nitrogens is 1. The highest BCUT2D eigenvalue weighted by Crippen LogP contribution is 2.36. The first-order valence-corrected chi connectivity index (χ1v) is 8.40. The molecule has 24 heavy (non-hydrogen) atoms. The lowest BCUT2D eigenvalue weighted by atomic mass is 10.2. The van der Waals surface area contributed by atoms with Crippen LogP contribution in [0, 0.1) is 19.7 Å². The van der Waals surface area contributed by atoms with Gasteiger partial charge >= 0.3 is 0 Å². The second kappa shape index (κ2) is 6.60. The topological polar surface area (TPSA) is 62.3 Å². The number of aryl methyl sites for hydroxylation is 2. The van der Waals surface area contributed by atoms with Crippen molar-refractivity contribution in [1.29, 1.82) is 0 Å². The lowest BCUT2D eigenvalue weighted by molar-refractivity contribution is -0.120. The van der Waals surface area contributed by atoms with Gasteiger partial charge in [-0.25, -0.2) is 9.37 Å². The van der Waals surface area contributed by atoms with Gasteiger partial charge in [0.25, 0.3) is 0 Å². The Bertz CT molecular complexity index is 825. The number of rotatable bonds is 3. The average molecular weight is 345 g/mol. The van der Waals surface area contributed by atoms with Crippen LogP contribution in [-0.2, 0) is 9.59 Å². The van der Waals surface area contributed by atoms with Crippen LogP contribution >= 0.6 is 11.8 Å². The third kappa shape index (κ3) is 3.26. The number of carbonyl (C=O) groups excluding carboxylic acids is 2. The molecule has 0 bridgehead atoms. The molecule has 1 aromatic heterocycles. The Morgan fingerprint density at radius 3 is 2.88 bits per heavy atom. The Morgan fingerprint density at radius 1 is 1.38 bits per heavy atom. The number of fused-ring (bicyclic) bond motifs is 1. The van der Waals surface area contributed by atoms with Gasteiger partial charge in [-0.3, -0.25) is 14.5 Å². The number of benzene rings is 1. The fourth-order valence-corrected chi connectivity index (χ4v) is 3.65. The first kappa shape index (κ1) is 16.4. The van der Waals surface area contributed by atoms with Crippen molar-refractivity contribution in [2.24, 2.45) is 0 Å². The molecule has 0 spiro atoms. The molecule has 5 nitrogen and oxygen atoms in total. The molecule has 0 unspecified atom stereocenters. The van der Waals surface area contributed by atoms with Crippen molar-refractivity contribution in [3.05, 3.63) is 47.4 Å². The summed E-state index contributed by atoms with van der Waals surface area (Å²) in [6.07, 6.45) is 0. The summed E-state index contributed by atoms with van der Waals surface area (Å²) in [6, 6.07) is 7.80. The number of para-hydroxylation sites is 1. The maximum Gasteiger partial charge on any atom is 0.244 e. The average Bonchev–Trinajstić information content (AvgIpc) is 2.52. The first-order valence-electron chi connectivity index (χ1n) is 7.41. The van der Waals surface area contributed by atoms with Crippen molar-refractivity contribution in [2.45, 2.75) is 18.9 Å². The van der Waals surface area contributed by atoms with Crippen molar-refractivity contribution < 1.29 is 14.0 Å². The highest BCUT2D eigenvalue weighted by molar-refractivity contribution is 8.00. The zero-order chi connectivity index (χ0) is 17.3. The van der Waals surface area contributed by atoms with Gasteiger partial charge in [0.2, 0.25) is 11.8 Å². The predicted molar refractivity (Wildman–Crippen MR) is 91.8 cm³/mol. The van der Waals surface area contributed by atoms with Gasteiger partial charge < -0.3 is 5.32 Å². The molecule has 1 aliphatic rings. The molecule has 0 atom stereocenters. The number of pyridine rings is 1. The van der Waals surface area contributed by atoms with E-state index >= 15 is 0 Å². The largest absolute Gasteiger partial charge is 0.322 e. The third-order valence-corrected chi connectivity index (χ3v) is 4.58. The summed E-state index contributed by atoms with van der Waals surface area (Å²) in [5, 5.41) is 3.25. The van der Waals surface area contributed by atoms with E-state index in [2.05, 4.69) is 10.3 Å². The maximum absolute atomic E-state index is 13.6. The molecule has 0 aliphatic carbocycles. The number of thioether (sulfide) groups is 1. The van der Waals surface area contributed by atoms with E-state index in [1.165, 1.54) is 28.8 Å². The Hall–Kier alpha value is -2.41. The summed E-state index contributed by atoms with van der Waals surface area (Å²) >= 11 is 1.37. The van der Waals surface area contributed by atoms with Gasteiger partial charge in [0.1, 0.15) is 17.4 Å². The van der Waals surface area contributed by atoms with E-state index in [1.807, 2.05) is 19.9 Å². The van der Waals surface area contributed by atoms with Gasteiger partial charge in [-0.1, -0.05) is 23.9 Å². The van der Waals surface area contributed by atoms with Gasteiger partial charge in [0, 0.05) is 5.69 Å². The number of anilines is 2. The molecule has 2 amide bonds. The number of nitrogens with one attached hydrogen (secondary N) is 1. The number of halogens is 1. The molecule has 2 aromatic rings. The predicted octanol–water partition coefficient (Wildman–Crippen LogP) is 2.91. The molecule has 124 valence electrons. The highest BCUT2D eigenvalue weighted by Gasteiger charge is 2.29. The minimum absolute atomic E-state index is 0.0975. The molecule has 0 saturated heterocycles. The quantitative estimate of drug-likeness (QED) is 0.929. The monoisotopic (exact) mass is 345 g/mol. The van der Waals surface area contributed by atoms with Crippen molar-refractivity contribution in [2.75, 3.05) is 22.5 Å². The molecule has 0 fully saturated rings. The molecule has 7 heteroatoms. The van der Waals surface area contributed by atoms with Gasteiger partial charge in [0.15, 0.2) is 0 Å². The lowest BCUT2D eigenvalue weighted by Crippen LogP contribution is -2.42. The van der Waals surface area contributed by atoms with Crippen LogP contribution in [0.1, 0.15) is 11.3 Å². The Labute approximate surface area is 143 Å². The summed E-state index contributed by atoms with van der Waals surface area (Å²) in [7, 11) is 0. The van der Waals surface area contributed by atoms with Crippen LogP contribution in [0.2, 0.25) is 0 Å². The van der Waals surface area contributed by atoms with Gasteiger partial charge in [0.05, 0.1) is 17.1 Å². The van der Waals surface area contributed by atoms with Crippen LogP contribution in [0.3, 0.4) is 0 Å². The summed E-state index contributed by atoms with van der Waals surface area (Å²) in [5.74, 6) is -0.896. The summed E-state index contributed by atoms with van der Waals surface area (Å²) in [6.45, 7) is 3.60. The van der Waals surface area contributed by atoms with E-state index in [-0.39, 0.29) is 23.9 Å². The fourth-order valence-electron chi connectivity index (χ4n) is 2.62. The lowest BCUT2D eigenvalue weighted by Gasteiger charge is -2.29. The first-order chi connectivity index (χ1) is 11.5. The molecule has 1 aromatic carbocycles. The third-order valence-electron chi connectivity index (χ3n) is 3.63. The molecule has 1 aliphatic heterocycles. The normalized spacial score (nSPS) is 13.6. The fraction of sp³-hybridized carbons (Fsp3) is 0.235. The Balaban J connectivity index is 1.84. The minimum atomic E-state index is -0.514. The summed E-state index contributed by atoms with van der Waals surface area (Å²) in [4.78, 5) is 30.4. The number of amides is 2. The zero-order valence-electron chi connectivity index (χ0n) is 13.3. The second-order valence-electron chi connectivity index (χ2n) is 5.53. The van der Waals surface area contributed by atoms with Crippen molar-refractivity contribution >= 4 is 35.0 Å². The van der Waals surface area contributed by atoms with Crippen molar-refractivity contribution in [1.82, 2.24) is 4.98 Å². The number of nitrogens with zero attached hydrogens (tertiary/aromatic N) is 2. The van der Waals surface area contributed by atoms with E-state index in [0.717, 1.165) is 16.3 Å². The van der Waals surface area contributed by atoms with Crippen LogP contribution < -0.4 is 10.2 Å². The molecule has 1 N–H and O–H groups in total. The maximum atomic E-state index is 13.6. The van der Waals surface area contributed by atoms with Gasteiger partial charge in [-0.15, -0.1) is 0 Å². The van der Waals surface area contributed by atoms with E-state index < -0.39 is 11.7 Å². The highest BCUT2D eigenvalue weighted by atomic mass is 32.2. The van der Waals surface area contributed by atoms with Crippen LogP contribution in [0.25, 0.3) is 0 Å². The molecular weight excluding hydrogens is 329 g/mol. The van der Waals surface area contributed by atoms with Crippen LogP contribution in [0.4, 0.5) is 15.8 Å². The summed E-state index contributed by atoms with van der Waals surface area (Å²) in [5.41, 5.74) is 2.51. The SMILES string of the molecule is Cc1cc(C)c2c(n1)SCC(=O)N2CC(=O)Nc1ccccc1F. The Morgan fingerprint density at radius 2 is 2.12 bits per heavy atom. The molecule has 2 heterocycles. The molecular formula is C17H16FN3O2S. The van der Waals surface area contributed by atoms with Crippen molar-refractivity contribution in [3.8, 4) is 0 Å². The zero-order valence-corrected chi connectivity index (χ0v) is 14.1. The van der Waals surface area contributed by atoms with E-state index in [1.54, 1.807) is 12.1 Å². The van der Waals surface area contributed by atoms with Crippen molar-refractivity contribution in [3.63, 3.8) is 0 Å². The van der Waals surface area contributed by atoms with Crippen LogP contribution in [0.15, 0.2) is 35.4 Å². The van der Waals surface area contributed by atoms with Crippen LogP contribution in [-0.4, -0.2) is 29.1 Å². The van der Waals surface area contributed by atoms with Crippen LogP contribution in [0.5, 0.6) is 0 Å². The molecule has 3 rings (SSSR count). The van der Waals surface area contributed by atoms with Gasteiger partial charge in [-0.2, -0.15) is 0 Å². The standard InChI is InChI=1S/C17H16FN3O2S/c1-10-7-11(2)19-17-16(10)21(15(23)9-24-17)8-14(22)20-13-6-4-3-5-12(13)18/h3-7H,8-9H2,1-2H3,(H,20,22). The van der Waals surface area contributed by atoms with E-state index in [9.17, 15) is 14.0 Å². The number of hydrogen-bond acceptors (Lipinski definition) is 4. The van der Waals surface area contributed by atoms with E-state index in [4.69, 9.17) is 0 Å². The molecule has 0 radical (unpaired) electrons. The Kier molecular flexibility index (Phi) is 4.53. The second-order valence-corrected chi connectivity index (χ2v) is 6.49. The molecule has 0 saturated carbocycles. The smallest absolute Gasteiger partial charge is 0.244 e. The number of carbonyl (C=O) groups is 2. The minimum Gasteiger partial charge on any atom is -0.322 e.